The van der Waals surface area contributed by atoms with Crippen LogP contribution in [0.2, 0.25) is 0 Å². The third-order valence-corrected chi connectivity index (χ3v) is 7.06. The number of hydrogen-bond donors (Lipinski definition) is 2. The Labute approximate surface area is 225 Å². The lowest BCUT2D eigenvalue weighted by Crippen LogP contribution is -2.44. The van der Waals surface area contributed by atoms with Crippen LogP contribution in [-0.2, 0) is 19.1 Å². The molecule has 3 rings (SSSR count). The minimum absolute atomic E-state index is 0.0413. The Hall–Kier alpha value is -2.42. The van der Waals surface area contributed by atoms with Gasteiger partial charge in [0.05, 0.1) is 19.8 Å². The van der Waals surface area contributed by atoms with E-state index in [2.05, 4.69) is 10.3 Å². The summed E-state index contributed by atoms with van der Waals surface area (Å²) in [5.74, 6) is 1.51. The van der Waals surface area contributed by atoms with Crippen molar-refractivity contribution in [3.05, 3.63) is 35.5 Å². The number of alkyl halides is 1. The second-order valence-electron chi connectivity index (χ2n) is 9.58. The highest BCUT2D eigenvalue weighted by Gasteiger charge is 2.36. The third-order valence-electron chi connectivity index (χ3n) is 6.79. The minimum atomic E-state index is -0.106. The number of benzene rings is 1. The van der Waals surface area contributed by atoms with E-state index >= 15 is 0 Å². The Kier molecular flexibility index (Phi) is 12.4. The molecule has 0 unspecified atom stereocenters. The van der Waals surface area contributed by atoms with Gasteiger partial charge in [0.1, 0.15) is 17.3 Å². The molecule has 9 heteroatoms. The number of rotatable bonds is 15. The normalized spacial score (nSPS) is 20.9. The molecule has 1 aliphatic carbocycles. The lowest BCUT2D eigenvalue weighted by Gasteiger charge is -2.33. The summed E-state index contributed by atoms with van der Waals surface area (Å²) < 4.78 is 11.1. The van der Waals surface area contributed by atoms with Gasteiger partial charge in [-0.15, -0.1) is 11.6 Å². The van der Waals surface area contributed by atoms with Gasteiger partial charge in [-0.05, 0) is 69.2 Å². The molecule has 37 heavy (non-hydrogen) atoms. The van der Waals surface area contributed by atoms with Crippen molar-refractivity contribution in [2.75, 3.05) is 38.9 Å². The molecule has 204 valence electrons. The molecule has 0 radical (unpaired) electrons. The number of halogens is 1. The van der Waals surface area contributed by atoms with Gasteiger partial charge in [-0.25, -0.2) is 4.99 Å². The zero-order chi connectivity index (χ0) is 26.5. The van der Waals surface area contributed by atoms with Crippen molar-refractivity contribution < 1.29 is 24.2 Å². The summed E-state index contributed by atoms with van der Waals surface area (Å²) >= 11 is 5.66. The van der Waals surface area contributed by atoms with E-state index in [1.54, 1.807) is 35.2 Å². The lowest BCUT2D eigenvalue weighted by atomic mass is 9.84. The maximum Gasteiger partial charge on any atom is 0.278 e. The first-order valence-electron chi connectivity index (χ1n) is 13.4. The zero-order valence-electron chi connectivity index (χ0n) is 21.8. The van der Waals surface area contributed by atoms with Gasteiger partial charge in [-0.2, -0.15) is 0 Å². The van der Waals surface area contributed by atoms with E-state index in [4.69, 9.17) is 21.1 Å². The van der Waals surface area contributed by atoms with Crippen LogP contribution in [0.5, 0.6) is 5.75 Å². The average Bonchev–Trinajstić information content (AvgIpc) is 3.18. The molecule has 2 N–H and O–H groups in total. The largest absolute Gasteiger partial charge is 0.508 e. The number of aliphatic imine (C=N–C) groups is 1. The molecule has 1 saturated carbocycles. The Morgan fingerprint density at radius 2 is 1.73 bits per heavy atom. The van der Waals surface area contributed by atoms with Crippen molar-refractivity contribution in [2.24, 2.45) is 10.9 Å². The molecule has 1 aromatic rings. The third kappa shape index (κ3) is 9.43. The molecule has 1 fully saturated rings. The highest BCUT2D eigenvalue weighted by molar-refractivity contribution is 6.17. The molecule has 2 aliphatic rings. The van der Waals surface area contributed by atoms with E-state index < -0.39 is 0 Å². The van der Waals surface area contributed by atoms with Crippen molar-refractivity contribution >= 4 is 35.3 Å². The predicted molar refractivity (Wildman–Crippen MR) is 146 cm³/mol. The Morgan fingerprint density at radius 3 is 2.43 bits per heavy atom. The highest BCUT2D eigenvalue weighted by Crippen LogP contribution is 2.31. The number of amidine groups is 1. The van der Waals surface area contributed by atoms with E-state index in [0.29, 0.717) is 37.9 Å². The summed E-state index contributed by atoms with van der Waals surface area (Å²) in [6, 6.07) is 6.72. The fraction of sp³-hybridized carbons (Fsp3) is 0.607. The first-order valence-corrected chi connectivity index (χ1v) is 13.9. The second kappa shape index (κ2) is 15.7. The van der Waals surface area contributed by atoms with Gasteiger partial charge in [-0.3, -0.25) is 14.5 Å². The minimum Gasteiger partial charge on any atom is -0.508 e. The number of carbonyl (C=O) groups is 2. The number of ether oxygens (including phenoxy) is 2. The van der Waals surface area contributed by atoms with E-state index in [1.165, 1.54) is 0 Å². The Balaban J connectivity index is 1.29. The summed E-state index contributed by atoms with van der Waals surface area (Å²) in [5.41, 5.74) is 1.21. The first kappa shape index (κ1) is 29.1. The van der Waals surface area contributed by atoms with Crippen molar-refractivity contribution in [3.8, 4) is 5.75 Å². The smallest absolute Gasteiger partial charge is 0.278 e. The van der Waals surface area contributed by atoms with Gasteiger partial charge in [0.25, 0.3) is 5.91 Å². The van der Waals surface area contributed by atoms with Crippen LogP contribution in [0.3, 0.4) is 0 Å². The summed E-state index contributed by atoms with van der Waals surface area (Å²) in [6.45, 7) is 4.64. The molecule has 0 saturated heterocycles. The number of hydrogen-bond acceptors (Lipinski definition) is 6. The zero-order valence-corrected chi connectivity index (χ0v) is 22.5. The second-order valence-corrected chi connectivity index (χ2v) is 9.96. The highest BCUT2D eigenvalue weighted by atomic mass is 35.5. The molecule has 1 aliphatic heterocycles. The summed E-state index contributed by atoms with van der Waals surface area (Å²) in [5, 5.41) is 12.4. The molecule has 1 aromatic carbocycles. The van der Waals surface area contributed by atoms with Gasteiger partial charge in [0.15, 0.2) is 0 Å². The molecular weight excluding hydrogens is 494 g/mol. The average molecular weight is 534 g/mol. The molecule has 0 spiro atoms. The SMILES string of the molecule is CC1=N/C(=C\c2ccc(O)cc2)C(=O)N1C1CCC(C(=O)NCCOCCOCCCCCCCl)CC1. The number of nitrogens with one attached hydrogen (secondary N) is 1. The molecule has 1 heterocycles. The van der Waals surface area contributed by atoms with Crippen molar-refractivity contribution in [2.45, 2.75) is 64.3 Å². The lowest BCUT2D eigenvalue weighted by molar-refractivity contribution is -0.127. The number of nitrogens with zero attached hydrogens (tertiary/aromatic N) is 2. The van der Waals surface area contributed by atoms with Crippen LogP contribution >= 0.6 is 11.6 Å². The first-order chi connectivity index (χ1) is 18.0. The van der Waals surface area contributed by atoms with Gasteiger partial charge in [-0.1, -0.05) is 25.0 Å². The maximum atomic E-state index is 13.0. The van der Waals surface area contributed by atoms with Gasteiger partial charge in [0, 0.05) is 31.0 Å². The Bertz CT molecular complexity index is 926. The summed E-state index contributed by atoms with van der Waals surface area (Å²) in [6.07, 6.45) is 9.15. The monoisotopic (exact) mass is 533 g/mol. The molecule has 0 aromatic heterocycles. The quantitative estimate of drug-likeness (QED) is 0.196. The van der Waals surface area contributed by atoms with Gasteiger partial charge < -0.3 is 19.9 Å². The van der Waals surface area contributed by atoms with Crippen molar-refractivity contribution in [1.29, 1.82) is 0 Å². The van der Waals surface area contributed by atoms with Crippen LogP contribution in [-0.4, -0.2) is 72.6 Å². The van der Waals surface area contributed by atoms with Crippen molar-refractivity contribution in [3.63, 3.8) is 0 Å². The van der Waals surface area contributed by atoms with Crippen LogP contribution in [0.4, 0.5) is 0 Å². The van der Waals surface area contributed by atoms with E-state index in [-0.39, 0.29) is 29.5 Å². The fourth-order valence-corrected chi connectivity index (χ4v) is 4.95. The van der Waals surface area contributed by atoms with Crippen LogP contribution in [0.15, 0.2) is 35.0 Å². The number of unbranched alkanes of at least 4 members (excludes halogenated alkanes) is 3. The molecular formula is C28H40ClN3O5. The van der Waals surface area contributed by atoms with Crippen LogP contribution in [0.1, 0.15) is 63.9 Å². The van der Waals surface area contributed by atoms with Crippen LogP contribution in [0, 0.1) is 5.92 Å². The fourth-order valence-electron chi connectivity index (χ4n) is 4.76. The van der Waals surface area contributed by atoms with Crippen molar-refractivity contribution in [1.82, 2.24) is 10.2 Å². The van der Waals surface area contributed by atoms with Crippen LogP contribution < -0.4 is 5.32 Å². The number of carbonyl (C=O) groups excluding carboxylic acids is 2. The van der Waals surface area contributed by atoms with E-state index in [0.717, 1.165) is 69.4 Å². The number of amides is 2. The summed E-state index contributed by atoms with van der Waals surface area (Å²) in [4.78, 5) is 31.9. The molecule has 0 bridgehead atoms. The van der Waals surface area contributed by atoms with Crippen LogP contribution in [0.25, 0.3) is 6.08 Å². The standard InChI is InChI=1S/C28H40ClN3O5/c1-21-31-26(20-22-6-12-25(33)13-7-22)28(35)32(21)24-10-8-23(9-11-24)27(34)30-15-17-37-19-18-36-16-5-3-2-4-14-29/h6-7,12-13,20,23-24,33H,2-5,8-11,14-19H2,1H3,(H,30,34)/b26-20-. The molecule has 0 atom stereocenters. The Morgan fingerprint density at radius 1 is 1.05 bits per heavy atom. The maximum absolute atomic E-state index is 13.0. The predicted octanol–water partition coefficient (Wildman–Crippen LogP) is 4.50. The molecule has 2 amide bonds. The van der Waals surface area contributed by atoms with Gasteiger partial charge >= 0.3 is 0 Å². The summed E-state index contributed by atoms with van der Waals surface area (Å²) in [7, 11) is 0. The van der Waals surface area contributed by atoms with E-state index in [9.17, 15) is 14.7 Å². The van der Waals surface area contributed by atoms with E-state index in [1.807, 2.05) is 6.92 Å². The number of phenolic OH excluding ortho intramolecular Hbond substituents is 1. The number of phenols is 1. The molecule has 8 nitrogen and oxygen atoms in total. The number of aromatic hydroxyl groups is 1. The topological polar surface area (TPSA) is 100 Å². The van der Waals surface area contributed by atoms with Gasteiger partial charge in [0.2, 0.25) is 5.91 Å².